The van der Waals surface area contributed by atoms with E-state index in [-0.39, 0.29) is 12.1 Å². The minimum absolute atomic E-state index is 0.205. The van der Waals surface area contributed by atoms with Crippen LogP contribution in [0.3, 0.4) is 0 Å². The molecule has 0 bridgehead atoms. The first-order valence-electron chi connectivity index (χ1n) is 9.85. The van der Waals surface area contributed by atoms with E-state index < -0.39 is 0 Å². The van der Waals surface area contributed by atoms with E-state index in [0.29, 0.717) is 34.3 Å². The molecule has 8 nitrogen and oxygen atoms in total. The summed E-state index contributed by atoms with van der Waals surface area (Å²) in [6.45, 7) is 10.0. The Labute approximate surface area is 179 Å². The third-order valence-corrected chi connectivity index (χ3v) is 5.49. The molecule has 0 fully saturated rings. The third kappa shape index (κ3) is 3.25. The maximum absolute atomic E-state index is 12.2. The zero-order valence-electron chi connectivity index (χ0n) is 17.6. The lowest BCUT2D eigenvalue weighted by molar-refractivity contribution is 0.410. The van der Waals surface area contributed by atoms with Crippen LogP contribution in [0.25, 0.3) is 38.0 Å². The van der Waals surface area contributed by atoms with Crippen LogP contribution in [-0.4, -0.2) is 27.1 Å². The van der Waals surface area contributed by atoms with Gasteiger partial charge in [-0.15, -0.1) is 0 Å². The highest BCUT2D eigenvalue weighted by Crippen LogP contribution is 2.42. The Morgan fingerprint density at radius 1 is 1.23 bits per heavy atom. The molecule has 0 unspecified atom stereocenters. The first-order valence-corrected chi connectivity index (χ1v) is 9.85. The Morgan fingerprint density at radius 3 is 2.71 bits per heavy atom. The van der Waals surface area contributed by atoms with E-state index >= 15 is 0 Å². The number of benzene rings is 2. The summed E-state index contributed by atoms with van der Waals surface area (Å²) in [6.07, 6.45) is 2.44. The molecule has 0 saturated heterocycles. The molecule has 4 aromatic rings. The topological polar surface area (TPSA) is 103 Å². The molecule has 0 radical (unpaired) electrons. The lowest BCUT2D eigenvalue weighted by Crippen LogP contribution is -2.13. The van der Waals surface area contributed by atoms with Crippen molar-refractivity contribution in [1.29, 1.82) is 0 Å². The second kappa shape index (κ2) is 8.05. The summed E-state index contributed by atoms with van der Waals surface area (Å²) in [5.41, 5.74) is 10.9. The number of nitrogens with one attached hydrogen (secondary N) is 1. The van der Waals surface area contributed by atoms with E-state index in [4.69, 9.17) is 17.0 Å². The molecule has 0 atom stereocenters. The van der Waals surface area contributed by atoms with Crippen molar-refractivity contribution in [3.8, 4) is 28.1 Å². The summed E-state index contributed by atoms with van der Waals surface area (Å²) in [5, 5.41) is 12.3. The van der Waals surface area contributed by atoms with E-state index in [1.165, 1.54) is 0 Å². The highest BCUT2D eigenvalue weighted by molar-refractivity contribution is 5.93. The third-order valence-electron chi connectivity index (χ3n) is 5.49. The van der Waals surface area contributed by atoms with Gasteiger partial charge in [-0.25, -0.2) is 9.94 Å². The van der Waals surface area contributed by atoms with Crippen molar-refractivity contribution in [2.45, 2.75) is 19.9 Å². The van der Waals surface area contributed by atoms with Crippen LogP contribution < -0.4 is 16.0 Å². The maximum Gasteiger partial charge on any atom is 0.272 e. The van der Waals surface area contributed by atoms with Gasteiger partial charge in [0, 0.05) is 35.7 Å². The number of H-pyrrole nitrogens is 1. The number of hydrogen-bond acceptors (Lipinski definition) is 5. The van der Waals surface area contributed by atoms with Crippen LogP contribution in [0.1, 0.15) is 18.2 Å². The van der Waals surface area contributed by atoms with Gasteiger partial charge in [-0.1, -0.05) is 19.1 Å². The molecule has 0 aliphatic rings. The van der Waals surface area contributed by atoms with Crippen LogP contribution in [0, 0.1) is 6.57 Å². The van der Waals surface area contributed by atoms with Gasteiger partial charge in [0.15, 0.2) is 0 Å². The lowest BCUT2D eigenvalue weighted by Gasteiger charge is -2.15. The van der Waals surface area contributed by atoms with Crippen molar-refractivity contribution >= 4 is 16.5 Å². The molecule has 2 aromatic heterocycles. The van der Waals surface area contributed by atoms with Crippen molar-refractivity contribution in [2.75, 3.05) is 7.11 Å². The SMILES string of the molecule is [C-]#[N+]c1c(-c2c(-c3ccc4c(=O)[nH]nc(CN)c4c3)cnn2C)ccc(OC)c1CC. The van der Waals surface area contributed by atoms with E-state index in [1.807, 2.05) is 38.2 Å². The fraction of sp³-hybridized carbons (Fsp3) is 0.217. The Bertz CT molecular complexity index is 1390. The summed E-state index contributed by atoms with van der Waals surface area (Å²) in [4.78, 5) is 16.0. The van der Waals surface area contributed by atoms with E-state index in [2.05, 4.69) is 20.1 Å². The predicted molar refractivity (Wildman–Crippen MR) is 120 cm³/mol. The lowest BCUT2D eigenvalue weighted by atomic mass is 9.95. The second-order valence-corrected chi connectivity index (χ2v) is 7.10. The summed E-state index contributed by atoms with van der Waals surface area (Å²) >= 11 is 0. The number of hydrogen-bond donors (Lipinski definition) is 2. The van der Waals surface area contributed by atoms with Gasteiger partial charge in [-0.05, 0) is 30.2 Å². The molecule has 3 N–H and O–H groups in total. The maximum atomic E-state index is 12.2. The molecule has 0 spiro atoms. The molecule has 4 rings (SSSR count). The number of nitrogens with two attached hydrogens (primary N) is 1. The van der Waals surface area contributed by atoms with Gasteiger partial charge in [-0.3, -0.25) is 9.48 Å². The number of methoxy groups -OCH3 is 1. The van der Waals surface area contributed by atoms with Gasteiger partial charge in [0.1, 0.15) is 5.75 Å². The molecule has 0 aliphatic carbocycles. The number of aromatic amines is 1. The molecule has 2 aromatic carbocycles. The van der Waals surface area contributed by atoms with E-state index in [9.17, 15) is 4.79 Å². The molecule has 0 amide bonds. The van der Waals surface area contributed by atoms with Crippen molar-refractivity contribution < 1.29 is 4.74 Å². The van der Waals surface area contributed by atoms with Crippen molar-refractivity contribution in [2.24, 2.45) is 12.8 Å². The van der Waals surface area contributed by atoms with Gasteiger partial charge < -0.3 is 10.5 Å². The van der Waals surface area contributed by atoms with E-state index in [0.717, 1.165) is 27.9 Å². The fourth-order valence-corrected chi connectivity index (χ4v) is 3.98. The molecule has 31 heavy (non-hydrogen) atoms. The number of aromatic nitrogens is 4. The molecule has 8 heteroatoms. The van der Waals surface area contributed by atoms with Crippen LogP contribution in [0.15, 0.2) is 41.3 Å². The number of fused-ring (bicyclic) bond motifs is 1. The van der Waals surface area contributed by atoms with Gasteiger partial charge in [0.05, 0.1) is 36.7 Å². The highest BCUT2D eigenvalue weighted by atomic mass is 16.5. The fourth-order valence-electron chi connectivity index (χ4n) is 3.98. The van der Waals surface area contributed by atoms with Gasteiger partial charge >= 0.3 is 0 Å². The largest absolute Gasteiger partial charge is 0.498 e. The number of nitrogens with zero attached hydrogens (tertiary/aromatic N) is 4. The zero-order valence-corrected chi connectivity index (χ0v) is 17.6. The zero-order chi connectivity index (χ0) is 22.1. The Kier molecular flexibility index (Phi) is 5.28. The minimum atomic E-state index is -0.261. The van der Waals surface area contributed by atoms with Crippen LogP contribution in [0.5, 0.6) is 5.75 Å². The first-order chi connectivity index (χ1) is 15.0. The van der Waals surface area contributed by atoms with Crippen LogP contribution in [0.4, 0.5) is 5.69 Å². The minimum Gasteiger partial charge on any atom is -0.498 e. The molecular formula is C23H22N6O2. The number of rotatable bonds is 5. The second-order valence-electron chi connectivity index (χ2n) is 7.10. The normalized spacial score (nSPS) is 10.9. The summed E-state index contributed by atoms with van der Waals surface area (Å²) in [6, 6.07) is 9.32. The van der Waals surface area contributed by atoms with Gasteiger partial charge in [-0.2, -0.15) is 10.2 Å². The standard InChI is InChI=1S/C23H22N6O2/c1-5-14-20(31-4)9-8-16(21(14)25-2)22-18(12-26-29(22)3)13-6-7-15-17(10-13)19(11-24)27-28-23(15)30/h6-10,12H,5,11,24H2,1,3-4H3,(H,28,30). The average molecular weight is 414 g/mol. The van der Waals surface area contributed by atoms with Crippen LogP contribution >= 0.6 is 0 Å². The summed E-state index contributed by atoms with van der Waals surface area (Å²) in [5.74, 6) is 0.699. The van der Waals surface area contributed by atoms with Gasteiger partial charge in [0.25, 0.3) is 5.56 Å². The number of ether oxygens (including phenoxy) is 1. The smallest absolute Gasteiger partial charge is 0.272 e. The summed E-state index contributed by atoms with van der Waals surface area (Å²) in [7, 11) is 3.46. The molecule has 0 aliphatic heterocycles. The molecule has 156 valence electrons. The van der Waals surface area contributed by atoms with E-state index in [1.54, 1.807) is 24.1 Å². The average Bonchev–Trinajstić information content (AvgIpc) is 3.19. The predicted octanol–water partition coefficient (Wildman–Crippen LogP) is 3.57. The molecule has 0 saturated carbocycles. The van der Waals surface area contributed by atoms with Crippen LogP contribution in [-0.2, 0) is 20.0 Å². The Morgan fingerprint density at radius 2 is 2.03 bits per heavy atom. The quantitative estimate of drug-likeness (QED) is 0.486. The Balaban J connectivity index is 1.99. The van der Waals surface area contributed by atoms with Crippen LogP contribution in [0.2, 0.25) is 0 Å². The van der Waals surface area contributed by atoms with Crippen molar-refractivity contribution in [3.63, 3.8) is 0 Å². The molecule has 2 heterocycles. The first kappa shape index (κ1) is 20.3. The van der Waals surface area contributed by atoms with Gasteiger partial charge in [0.2, 0.25) is 5.69 Å². The Hall–Kier alpha value is -3.96. The van der Waals surface area contributed by atoms with Crippen molar-refractivity contribution in [3.05, 3.63) is 69.6 Å². The highest BCUT2D eigenvalue weighted by Gasteiger charge is 2.21. The summed E-state index contributed by atoms with van der Waals surface area (Å²) < 4.78 is 7.22. The number of aryl methyl sites for hydroxylation is 1. The monoisotopic (exact) mass is 414 g/mol. The molecular weight excluding hydrogens is 392 g/mol. The van der Waals surface area contributed by atoms with Crippen molar-refractivity contribution in [1.82, 2.24) is 20.0 Å².